The Labute approximate surface area is 128 Å². The molecule has 0 amide bonds. The summed E-state index contributed by atoms with van der Waals surface area (Å²) in [4.78, 5) is 10.3. The number of aliphatic hydroxyl groups excluding tert-OH is 1. The summed E-state index contributed by atoms with van der Waals surface area (Å²) < 4.78 is 0. The summed E-state index contributed by atoms with van der Waals surface area (Å²) in [6.07, 6.45) is 20.8. The number of unbranched alkanes of at least 4 members (excludes halogenated alkanes) is 2. The summed E-state index contributed by atoms with van der Waals surface area (Å²) in [7, 11) is 0. The van der Waals surface area contributed by atoms with Gasteiger partial charge < -0.3 is 10.2 Å². The van der Waals surface area contributed by atoms with E-state index in [9.17, 15) is 9.90 Å². The number of aliphatic hydroxyl groups is 1. The molecule has 21 heavy (non-hydrogen) atoms. The fourth-order valence-corrected chi connectivity index (χ4v) is 1.66. The molecule has 0 aliphatic carbocycles. The first-order chi connectivity index (χ1) is 10.2. The molecular formula is C18H28O3. The van der Waals surface area contributed by atoms with Gasteiger partial charge in [-0.25, -0.2) is 0 Å². The SMILES string of the molecule is CC/C=C\C[C@H](O)/C=C/C=C\C/C=C\CCCCC(=O)O. The molecular weight excluding hydrogens is 264 g/mol. The van der Waals surface area contributed by atoms with Crippen LogP contribution < -0.4 is 0 Å². The third kappa shape index (κ3) is 16.3. The van der Waals surface area contributed by atoms with Gasteiger partial charge in [0.2, 0.25) is 0 Å². The molecule has 0 spiro atoms. The van der Waals surface area contributed by atoms with Crippen molar-refractivity contribution < 1.29 is 15.0 Å². The first-order valence-electron chi connectivity index (χ1n) is 7.70. The quantitative estimate of drug-likeness (QED) is 0.318. The maximum atomic E-state index is 10.3. The van der Waals surface area contributed by atoms with Gasteiger partial charge >= 0.3 is 5.97 Å². The van der Waals surface area contributed by atoms with E-state index >= 15 is 0 Å². The van der Waals surface area contributed by atoms with Crippen molar-refractivity contribution in [1.29, 1.82) is 0 Å². The van der Waals surface area contributed by atoms with Crippen molar-refractivity contribution in [3.63, 3.8) is 0 Å². The summed E-state index contributed by atoms with van der Waals surface area (Å²) in [5, 5.41) is 18.1. The highest BCUT2D eigenvalue weighted by molar-refractivity contribution is 5.66. The Hall–Kier alpha value is -1.61. The predicted molar refractivity (Wildman–Crippen MR) is 88.2 cm³/mol. The number of aliphatic carboxylic acids is 1. The van der Waals surface area contributed by atoms with Crippen LogP contribution in [0.4, 0.5) is 0 Å². The lowest BCUT2D eigenvalue weighted by molar-refractivity contribution is -0.137. The monoisotopic (exact) mass is 292 g/mol. The Bertz CT molecular complexity index is 365. The molecule has 0 bridgehead atoms. The molecule has 0 radical (unpaired) electrons. The second-order valence-corrected chi connectivity index (χ2v) is 4.84. The number of carboxylic acids is 1. The molecule has 0 aromatic rings. The average Bonchev–Trinajstić information content (AvgIpc) is 2.44. The zero-order valence-corrected chi connectivity index (χ0v) is 12.9. The van der Waals surface area contributed by atoms with Crippen molar-refractivity contribution in [2.45, 2.75) is 58.0 Å². The minimum Gasteiger partial charge on any atom is -0.481 e. The van der Waals surface area contributed by atoms with Gasteiger partial charge in [-0.2, -0.15) is 0 Å². The van der Waals surface area contributed by atoms with Gasteiger partial charge in [0.15, 0.2) is 0 Å². The molecule has 0 heterocycles. The van der Waals surface area contributed by atoms with Gasteiger partial charge in [-0.1, -0.05) is 55.5 Å². The van der Waals surface area contributed by atoms with Gasteiger partial charge in [0.1, 0.15) is 0 Å². The van der Waals surface area contributed by atoms with Gasteiger partial charge in [-0.05, 0) is 38.5 Å². The molecule has 3 heteroatoms. The first-order valence-corrected chi connectivity index (χ1v) is 7.70. The van der Waals surface area contributed by atoms with Crippen LogP contribution in [0, 0.1) is 0 Å². The molecule has 0 unspecified atom stereocenters. The molecule has 0 aromatic heterocycles. The maximum absolute atomic E-state index is 10.3. The molecule has 0 fully saturated rings. The molecule has 3 nitrogen and oxygen atoms in total. The van der Waals surface area contributed by atoms with E-state index in [0.717, 1.165) is 32.1 Å². The van der Waals surface area contributed by atoms with E-state index in [4.69, 9.17) is 5.11 Å². The Morgan fingerprint density at radius 3 is 2.57 bits per heavy atom. The Morgan fingerprint density at radius 2 is 1.86 bits per heavy atom. The molecule has 0 saturated heterocycles. The third-order valence-corrected chi connectivity index (χ3v) is 2.81. The Morgan fingerprint density at radius 1 is 1.05 bits per heavy atom. The van der Waals surface area contributed by atoms with Crippen molar-refractivity contribution in [2.24, 2.45) is 0 Å². The van der Waals surface area contributed by atoms with Crippen LogP contribution in [-0.2, 0) is 4.79 Å². The molecule has 2 N–H and O–H groups in total. The topological polar surface area (TPSA) is 57.5 Å². The number of rotatable bonds is 12. The van der Waals surface area contributed by atoms with Crippen molar-refractivity contribution in [1.82, 2.24) is 0 Å². The Kier molecular flexibility index (Phi) is 13.7. The normalized spacial score (nSPS) is 14.0. The fourth-order valence-electron chi connectivity index (χ4n) is 1.66. The minimum absolute atomic E-state index is 0.258. The maximum Gasteiger partial charge on any atom is 0.303 e. The number of hydrogen-bond acceptors (Lipinski definition) is 2. The van der Waals surface area contributed by atoms with Crippen molar-refractivity contribution in [3.8, 4) is 0 Å². The van der Waals surface area contributed by atoms with Gasteiger partial charge in [-0.15, -0.1) is 0 Å². The van der Waals surface area contributed by atoms with E-state index in [1.54, 1.807) is 6.08 Å². The standard InChI is InChI=1S/C18H28O3/c1-2-3-11-14-17(19)15-12-9-7-5-4-6-8-10-13-16-18(20)21/h3-4,6-7,9,11-12,15,17,19H,2,5,8,10,13-14,16H2,1H3,(H,20,21)/b6-4-,9-7-,11-3-,15-12+/t17-/m0/s1. The first kappa shape index (κ1) is 19.4. The van der Waals surface area contributed by atoms with Crippen LogP contribution in [0.5, 0.6) is 0 Å². The smallest absolute Gasteiger partial charge is 0.303 e. The minimum atomic E-state index is -0.721. The molecule has 0 aliphatic heterocycles. The summed E-state index contributed by atoms with van der Waals surface area (Å²) in [5.74, 6) is -0.721. The number of carbonyl (C=O) groups is 1. The highest BCUT2D eigenvalue weighted by Gasteiger charge is 1.94. The van der Waals surface area contributed by atoms with Gasteiger partial charge in [0, 0.05) is 6.42 Å². The Balaban J connectivity index is 3.58. The predicted octanol–water partition coefficient (Wildman–Crippen LogP) is 4.41. The highest BCUT2D eigenvalue weighted by Crippen LogP contribution is 2.01. The van der Waals surface area contributed by atoms with Crippen LogP contribution in [-0.4, -0.2) is 22.3 Å². The number of hydrogen-bond donors (Lipinski definition) is 2. The zero-order chi connectivity index (χ0) is 15.8. The molecule has 0 aromatic carbocycles. The number of allylic oxidation sites excluding steroid dienone is 6. The van der Waals surface area contributed by atoms with E-state index < -0.39 is 12.1 Å². The van der Waals surface area contributed by atoms with Crippen LogP contribution in [0.1, 0.15) is 51.9 Å². The summed E-state index contributed by atoms with van der Waals surface area (Å²) in [6, 6.07) is 0. The lowest BCUT2D eigenvalue weighted by Gasteiger charge is -1.98. The summed E-state index contributed by atoms with van der Waals surface area (Å²) in [5.41, 5.74) is 0. The largest absolute Gasteiger partial charge is 0.481 e. The van der Waals surface area contributed by atoms with E-state index in [1.165, 1.54) is 0 Å². The van der Waals surface area contributed by atoms with Crippen LogP contribution in [0.25, 0.3) is 0 Å². The van der Waals surface area contributed by atoms with Crippen LogP contribution in [0.3, 0.4) is 0 Å². The zero-order valence-electron chi connectivity index (χ0n) is 12.9. The molecule has 0 rings (SSSR count). The third-order valence-electron chi connectivity index (χ3n) is 2.81. The van der Waals surface area contributed by atoms with Gasteiger partial charge in [0.05, 0.1) is 6.10 Å². The van der Waals surface area contributed by atoms with E-state index in [0.29, 0.717) is 6.42 Å². The van der Waals surface area contributed by atoms with Crippen LogP contribution in [0.2, 0.25) is 0 Å². The van der Waals surface area contributed by atoms with Gasteiger partial charge in [0.25, 0.3) is 0 Å². The van der Waals surface area contributed by atoms with Crippen LogP contribution >= 0.6 is 0 Å². The van der Waals surface area contributed by atoms with E-state index in [2.05, 4.69) is 19.1 Å². The van der Waals surface area contributed by atoms with E-state index in [1.807, 2.05) is 30.4 Å². The van der Waals surface area contributed by atoms with Crippen molar-refractivity contribution in [3.05, 3.63) is 48.6 Å². The highest BCUT2D eigenvalue weighted by atomic mass is 16.4. The van der Waals surface area contributed by atoms with Crippen LogP contribution in [0.15, 0.2) is 48.6 Å². The van der Waals surface area contributed by atoms with E-state index in [-0.39, 0.29) is 6.42 Å². The van der Waals surface area contributed by atoms with Crippen molar-refractivity contribution >= 4 is 5.97 Å². The second kappa shape index (κ2) is 14.8. The number of carboxylic acid groups (broad SMARTS) is 1. The molecule has 0 aliphatic rings. The second-order valence-electron chi connectivity index (χ2n) is 4.84. The van der Waals surface area contributed by atoms with Crippen molar-refractivity contribution in [2.75, 3.05) is 0 Å². The summed E-state index contributed by atoms with van der Waals surface area (Å²) in [6.45, 7) is 2.07. The molecule has 0 saturated carbocycles. The summed E-state index contributed by atoms with van der Waals surface area (Å²) >= 11 is 0. The average molecular weight is 292 g/mol. The molecule has 1 atom stereocenters. The van der Waals surface area contributed by atoms with Gasteiger partial charge in [-0.3, -0.25) is 4.79 Å². The lowest BCUT2D eigenvalue weighted by Crippen LogP contribution is -1.98. The lowest BCUT2D eigenvalue weighted by atomic mass is 10.2. The molecule has 118 valence electrons. The fraction of sp³-hybridized carbons (Fsp3) is 0.500.